The van der Waals surface area contributed by atoms with Crippen LogP contribution < -0.4 is 10.1 Å². The molecular weight excluding hydrogens is 415 g/mol. The predicted molar refractivity (Wildman–Crippen MR) is 107 cm³/mol. The van der Waals surface area contributed by atoms with Crippen molar-refractivity contribution in [2.24, 2.45) is 5.92 Å². The first-order chi connectivity index (χ1) is 14.4. The number of halogens is 3. The summed E-state index contributed by atoms with van der Waals surface area (Å²) in [4.78, 5) is 27.8. The summed E-state index contributed by atoms with van der Waals surface area (Å²) in [6.07, 6.45) is -1.10. The lowest BCUT2D eigenvalue weighted by Crippen LogP contribution is -2.48. The zero-order valence-electron chi connectivity index (χ0n) is 17.5. The minimum absolute atomic E-state index is 0.0898. The molecule has 1 aromatic carbocycles. The number of Topliss-reactive ketones (excluding diaryl/α,β-unsaturated/α-hetero) is 1. The van der Waals surface area contributed by atoms with E-state index in [2.05, 4.69) is 15.0 Å². The first kappa shape index (κ1) is 24.4. The van der Waals surface area contributed by atoms with Gasteiger partial charge in [-0.25, -0.2) is 4.98 Å². The Morgan fingerprint density at radius 3 is 2.35 bits per heavy atom. The molecule has 0 amide bonds. The molecule has 0 aliphatic rings. The number of alkyl halides is 3. The highest BCUT2D eigenvalue weighted by atomic mass is 19.4. The number of aliphatic carboxylic acids is 1. The molecule has 10 heteroatoms. The molecule has 1 heterocycles. The van der Waals surface area contributed by atoms with Crippen LogP contribution in [0.4, 0.5) is 13.2 Å². The highest BCUT2D eigenvalue weighted by Crippen LogP contribution is 2.23. The third kappa shape index (κ3) is 8.05. The summed E-state index contributed by atoms with van der Waals surface area (Å²) in [5, 5.41) is 12.6. The summed E-state index contributed by atoms with van der Waals surface area (Å²) in [6.45, 7) is 5.62. The van der Waals surface area contributed by atoms with Crippen LogP contribution in [0.25, 0.3) is 0 Å². The number of imidazole rings is 1. The van der Waals surface area contributed by atoms with E-state index >= 15 is 0 Å². The Balaban J connectivity index is 2.10. The Hall–Kier alpha value is -2.88. The van der Waals surface area contributed by atoms with Crippen LogP contribution in [0.15, 0.2) is 36.8 Å². The van der Waals surface area contributed by atoms with Crippen LogP contribution in [0, 0.1) is 5.92 Å². The maximum absolute atomic E-state index is 12.3. The zero-order valence-corrected chi connectivity index (χ0v) is 17.5. The molecule has 2 aromatic rings. The smallest absolute Gasteiger partial charge is 0.480 e. The van der Waals surface area contributed by atoms with E-state index in [0.717, 1.165) is 0 Å². The number of benzene rings is 1. The van der Waals surface area contributed by atoms with Crippen LogP contribution in [0.5, 0.6) is 5.75 Å². The Kier molecular flexibility index (Phi) is 8.21. The number of carboxylic acids is 1. The van der Waals surface area contributed by atoms with E-state index in [4.69, 9.17) is 0 Å². The molecule has 0 saturated heterocycles. The number of hydrogen-bond donors (Lipinski definition) is 2. The molecule has 170 valence electrons. The first-order valence-electron chi connectivity index (χ1n) is 9.77. The Morgan fingerprint density at radius 1 is 1.19 bits per heavy atom. The van der Waals surface area contributed by atoms with E-state index in [1.54, 1.807) is 4.57 Å². The molecule has 2 N–H and O–H groups in total. The van der Waals surface area contributed by atoms with Gasteiger partial charge in [-0.2, -0.15) is 0 Å². The molecule has 1 aromatic heterocycles. The molecule has 0 aliphatic carbocycles. The molecule has 0 saturated carbocycles. The van der Waals surface area contributed by atoms with Gasteiger partial charge < -0.3 is 14.4 Å². The van der Waals surface area contributed by atoms with Gasteiger partial charge in [-0.05, 0) is 37.0 Å². The summed E-state index contributed by atoms with van der Waals surface area (Å²) in [5.41, 5.74) is 1.30. The van der Waals surface area contributed by atoms with Gasteiger partial charge in [0.15, 0.2) is 0 Å². The van der Waals surface area contributed by atoms with Crippen molar-refractivity contribution < 1.29 is 32.6 Å². The predicted octanol–water partition coefficient (Wildman–Crippen LogP) is 3.42. The summed E-state index contributed by atoms with van der Waals surface area (Å²) < 4.78 is 42.4. The molecule has 0 fully saturated rings. The normalized spacial score (nSPS) is 13.8. The van der Waals surface area contributed by atoms with Crippen molar-refractivity contribution in [3.05, 3.63) is 48.0 Å². The molecule has 0 aliphatic heterocycles. The van der Waals surface area contributed by atoms with Gasteiger partial charge in [0.25, 0.3) is 0 Å². The molecule has 7 nitrogen and oxygen atoms in total. The third-order valence-corrected chi connectivity index (χ3v) is 4.62. The Labute approximate surface area is 178 Å². The second-order valence-corrected chi connectivity index (χ2v) is 7.76. The summed E-state index contributed by atoms with van der Waals surface area (Å²) in [6, 6.07) is 3.84. The number of carbonyl (C=O) groups is 2. The average molecular weight is 441 g/mol. The van der Waals surface area contributed by atoms with Crippen LogP contribution in [0.1, 0.15) is 38.4 Å². The lowest BCUT2D eigenvalue weighted by atomic mass is 9.99. The van der Waals surface area contributed by atoms with E-state index in [0.29, 0.717) is 17.7 Å². The average Bonchev–Trinajstić information content (AvgIpc) is 3.07. The first-order valence-corrected chi connectivity index (χ1v) is 9.77. The minimum atomic E-state index is -4.76. The van der Waals surface area contributed by atoms with E-state index in [-0.39, 0.29) is 30.4 Å². The van der Waals surface area contributed by atoms with Gasteiger partial charge in [-0.15, -0.1) is 13.2 Å². The van der Waals surface area contributed by atoms with Gasteiger partial charge in [-0.1, -0.05) is 26.0 Å². The molecular formula is C21H26F3N3O4. The second-order valence-electron chi connectivity index (χ2n) is 7.76. The van der Waals surface area contributed by atoms with Crippen LogP contribution in [-0.2, 0) is 22.6 Å². The van der Waals surface area contributed by atoms with Crippen molar-refractivity contribution in [2.75, 3.05) is 0 Å². The zero-order chi connectivity index (χ0) is 23.2. The Bertz CT molecular complexity index is 879. The fourth-order valence-electron chi connectivity index (χ4n) is 3.15. The molecule has 1 unspecified atom stereocenters. The number of ether oxygens (including phenoxy) is 1. The maximum Gasteiger partial charge on any atom is 0.573 e. The van der Waals surface area contributed by atoms with Crippen molar-refractivity contribution in [3.63, 3.8) is 0 Å². The number of carbonyl (C=O) groups excluding carboxylic acids is 1. The van der Waals surface area contributed by atoms with Crippen LogP contribution in [-0.4, -0.2) is 44.9 Å². The van der Waals surface area contributed by atoms with Gasteiger partial charge in [0.1, 0.15) is 17.6 Å². The minimum Gasteiger partial charge on any atom is -0.480 e. The molecule has 0 radical (unpaired) electrons. The topological polar surface area (TPSA) is 93.5 Å². The summed E-state index contributed by atoms with van der Waals surface area (Å²) >= 11 is 0. The third-order valence-electron chi connectivity index (χ3n) is 4.62. The maximum atomic E-state index is 12.3. The number of aromatic nitrogens is 2. The van der Waals surface area contributed by atoms with Gasteiger partial charge in [0.05, 0.1) is 12.4 Å². The van der Waals surface area contributed by atoms with Gasteiger partial charge in [-0.3, -0.25) is 14.9 Å². The van der Waals surface area contributed by atoms with Crippen molar-refractivity contribution in [1.29, 1.82) is 0 Å². The molecule has 0 bridgehead atoms. The number of rotatable bonds is 11. The lowest BCUT2D eigenvalue weighted by molar-refractivity contribution is -0.274. The number of nitrogens with zero attached hydrogens (tertiary/aromatic N) is 2. The van der Waals surface area contributed by atoms with Crippen molar-refractivity contribution in [1.82, 2.24) is 14.9 Å². The molecule has 2 atom stereocenters. The van der Waals surface area contributed by atoms with Gasteiger partial charge in [0, 0.05) is 24.9 Å². The van der Waals surface area contributed by atoms with E-state index < -0.39 is 24.4 Å². The van der Waals surface area contributed by atoms with Crippen molar-refractivity contribution in [2.45, 2.75) is 58.6 Å². The highest BCUT2D eigenvalue weighted by molar-refractivity contribution is 5.83. The molecule has 31 heavy (non-hydrogen) atoms. The second kappa shape index (κ2) is 10.4. The monoisotopic (exact) mass is 441 g/mol. The quantitative estimate of drug-likeness (QED) is 0.555. The fraction of sp³-hybridized carbons (Fsp3) is 0.476. The molecule has 0 spiro atoms. The van der Waals surface area contributed by atoms with Crippen LogP contribution in [0.3, 0.4) is 0 Å². The number of carboxylic acid groups (broad SMARTS) is 1. The summed E-state index contributed by atoms with van der Waals surface area (Å²) in [5.74, 6) is -1.32. The van der Waals surface area contributed by atoms with Gasteiger partial charge in [0.2, 0.25) is 0 Å². The SMILES string of the molecule is CC(=O)C(CC(C)C)N[C@@H](Cc1cncn1Cc1ccc(OC(F)(F)F)cc1)C(=O)O. The fourth-order valence-corrected chi connectivity index (χ4v) is 3.15. The molecule has 2 rings (SSSR count). The lowest BCUT2D eigenvalue weighted by Gasteiger charge is -2.23. The van der Waals surface area contributed by atoms with E-state index in [9.17, 15) is 27.9 Å². The van der Waals surface area contributed by atoms with Gasteiger partial charge >= 0.3 is 12.3 Å². The standard InChI is InChI=1S/C21H26F3N3O4/c1-13(2)8-18(14(3)28)26-19(20(29)30)9-16-10-25-12-27(16)11-15-4-6-17(7-5-15)31-21(22,23)24/h4-7,10,12-13,18-19,26H,8-9,11H2,1-3H3,(H,29,30)/t18?,19-/m0/s1. The largest absolute Gasteiger partial charge is 0.573 e. The summed E-state index contributed by atoms with van der Waals surface area (Å²) in [7, 11) is 0. The number of hydrogen-bond acceptors (Lipinski definition) is 5. The van der Waals surface area contributed by atoms with E-state index in [1.807, 2.05) is 13.8 Å². The van der Waals surface area contributed by atoms with Crippen LogP contribution in [0.2, 0.25) is 0 Å². The van der Waals surface area contributed by atoms with E-state index in [1.165, 1.54) is 43.7 Å². The highest BCUT2D eigenvalue weighted by Gasteiger charge is 2.31. The van der Waals surface area contributed by atoms with Crippen molar-refractivity contribution in [3.8, 4) is 5.75 Å². The number of nitrogens with one attached hydrogen (secondary N) is 1. The van der Waals surface area contributed by atoms with Crippen LogP contribution >= 0.6 is 0 Å². The Morgan fingerprint density at radius 2 is 1.84 bits per heavy atom. The van der Waals surface area contributed by atoms with Crippen molar-refractivity contribution >= 4 is 11.8 Å². The number of ketones is 1.